The number of rotatable bonds is 4. The maximum atomic E-state index is 11.5. The molecule has 0 aliphatic carbocycles. The van der Waals surface area contributed by atoms with Crippen molar-refractivity contribution in [3.8, 4) is 0 Å². The summed E-state index contributed by atoms with van der Waals surface area (Å²) in [6.07, 6.45) is 2.85. The van der Waals surface area contributed by atoms with Crippen LogP contribution in [0.25, 0.3) is 0 Å². The standard InChI is InChI=1S/C13H12O3/c1-3-7-12(14)10(2)16-13(15)11-8-5-4-6-9-11/h3-9H,2H2,1H3/b7-3+. The maximum Gasteiger partial charge on any atom is 0.343 e. The summed E-state index contributed by atoms with van der Waals surface area (Å²) in [7, 11) is 0. The SMILES string of the molecule is C=C(OC(=O)c1ccccc1)C(=O)/C=C/C. The van der Waals surface area contributed by atoms with Gasteiger partial charge in [0.1, 0.15) is 0 Å². The molecule has 3 heteroatoms. The number of carbonyl (C=O) groups excluding carboxylic acids is 2. The summed E-state index contributed by atoms with van der Waals surface area (Å²) in [6, 6.07) is 8.43. The molecular formula is C13H12O3. The molecule has 0 radical (unpaired) electrons. The molecule has 82 valence electrons. The van der Waals surface area contributed by atoms with E-state index in [9.17, 15) is 9.59 Å². The molecule has 3 nitrogen and oxygen atoms in total. The molecule has 0 unspecified atom stereocenters. The van der Waals surface area contributed by atoms with Crippen molar-refractivity contribution in [2.75, 3.05) is 0 Å². The van der Waals surface area contributed by atoms with Gasteiger partial charge in [-0.1, -0.05) is 30.9 Å². The summed E-state index contributed by atoms with van der Waals surface area (Å²) in [5, 5.41) is 0. The number of ketones is 1. The molecule has 0 fully saturated rings. The summed E-state index contributed by atoms with van der Waals surface area (Å²) >= 11 is 0. The zero-order valence-electron chi connectivity index (χ0n) is 8.97. The van der Waals surface area contributed by atoms with Crippen LogP contribution < -0.4 is 0 Å². The molecule has 0 saturated carbocycles. The number of esters is 1. The lowest BCUT2D eigenvalue weighted by Gasteiger charge is -2.03. The number of hydrogen-bond acceptors (Lipinski definition) is 3. The fourth-order valence-electron chi connectivity index (χ4n) is 1.04. The van der Waals surface area contributed by atoms with Crippen LogP contribution in [0, 0.1) is 0 Å². The lowest BCUT2D eigenvalue weighted by molar-refractivity contribution is -0.113. The third-order valence-corrected chi connectivity index (χ3v) is 1.82. The minimum Gasteiger partial charge on any atom is -0.419 e. The summed E-state index contributed by atoms with van der Waals surface area (Å²) in [4.78, 5) is 22.8. The van der Waals surface area contributed by atoms with Crippen LogP contribution in [0.3, 0.4) is 0 Å². The Morgan fingerprint density at radius 3 is 2.44 bits per heavy atom. The van der Waals surface area contributed by atoms with E-state index in [2.05, 4.69) is 6.58 Å². The minimum atomic E-state index is -0.580. The van der Waals surface area contributed by atoms with Crippen LogP contribution in [0.5, 0.6) is 0 Å². The first-order chi connectivity index (χ1) is 7.65. The molecule has 0 amide bonds. The van der Waals surface area contributed by atoms with Crippen molar-refractivity contribution in [2.24, 2.45) is 0 Å². The van der Waals surface area contributed by atoms with Gasteiger partial charge in [-0.15, -0.1) is 0 Å². The molecule has 0 aliphatic rings. The van der Waals surface area contributed by atoms with Gasteiger partial charge in [0.25, 0.3) is 0 Å². The van der Waals surface area contributed by atoms with Gasteiger partial charge in [-0.2, -0.15) is 0 Å². The van der Waals surface area contributed by atoms with Gasteiger partial charge in [0, 0.05) is 0 Å². The van der Waals surface area contributed by atoms with Gasteiger partial charge in [0.05, 0.1) is 5.56 Å². The molecule has 1 rings (SSSR count). The smallest absolute Gasteiger partial charge is 0.343 e. The minimum absolute atomic E-state index is 0.174. The summed E-state index contributed by atoms with van der Waals surface area (Å²) < 4.78 is 4.82. The normalized spacial score (nSPS) is 10.1. The van der Waals surface area contributed by atoms with Crippen LogP contribution in [-0.2, 0) is 9.53 Å². The Morgan fingerprint density at radius 1 is 1.25 bits per heavy atom. The Bertz CT molecular complexity index is 430. The molecule has 0 N–H and O–H groups in total. The lowest BCUT2D eigenvalue weighted by Crippen LogP contribution is -2.09. The maximum absolute atomic E-state index is 11.5. The molecule has 0 spiro atoms. The van der Waals surface area contributed by atoms with Gasteiger partial charge < -0.3 is 4.74 Å². The zero-order chi connectivity index (χ0) is 12.0. The number of hydrogen-bond donors (Lipinski definition) is 0. The predicted octanol–water partition coefficient (Wildman–Crippen LogP) is 2.50. The van der Waals surface area contributed by atoms with Crippen LogP contribution in [0.2, 0.25) is 0 Å². The van der Waals surface area contributed by atoms with E-state index in [0.717, 1.165) is 0 Å². The largest absolute Gasteiger partial charge is 0.419 e. The van der Waals surface area contributed by atoms with E-state index in [1.807, 2.05) is 0 Å². The first-order valence-electron chi connectivity index (χ1n) is 4.78. The number of allylic oxidation sites excluding steroid dienone is 2. The third kappa shape index (κ3) is 3.20. The van der Waals surface area contributed by atoms with E-state index in [0.29, 0.717) is 5.56 Å². The van der Waals surface area contributed by atoms with Crippen LogP contribution in [0.1, 0.15) is 17.3 Å². The second-order valence-electron chi connectivity index (χ2n) is 3.04. The molecule has 0 bridgehead atoms. The van der Waals surface area contributed by atoms with E-state index in [1.54, 1.807) is 43.3 Å². The zero-order valence-corrected chi connectivity index (χ0v) is 8.97. The number of benzene rings is 1. The van der Waals surface area contributed by atoms with E-state index < -0.39 is 11.8 Å². The topological polar surface area (TPSA) is 43.4 Å². The van der Waals surface area contributed by atoms with Gasteiger partial charge in [0.2, 0.25) is 5.78 Å². The first kappa shape index (κ1) is 11.9. The average molecular weight is 216 g/mol. The van der Waals surface area contributed by atoms with Gasteiger partial charge in [-0.25, -0.2) is 4.79 Å². The van der Waals surface area contributed by atoms with Crippen LogP contribution in [0.15, 0.2) is 54.8 Å². The highest BCUT2D eigenvalue weighted by Crippen LogP contribution is 2.06. The first-order valence-corrected chi connectivity index (χ1v) is 4.78. The average Bonchev–Trinajstić information content (AvgIpc) is 2.30. The van der Waals surface area contributed by atoms with Gasteiger partial charge in [0.15, 0.2) is 5.76 Å². The van der Waals surface area contributed by atoms with E-state index in [4.69, 9.17) is 4.74 Å². The summed E-state index contributed by atoms with van der Waals surface area (Å²) in [5.74, 6) is -1.16. The summed E-state index contributed by atoms with van der Waals surface area (Å²) in [5.41, 5.74) is 0.386. The van der Waals surface area contributed by atoms with Crippen LogP contribution in [0.4, 0.5) is 0 Å². The predicted molar refractivity (Wildman–Crippen MR) is 60.8 cm³/mol. The summed E-state index contributed by atoms with van der Waals surface area (Å²) in [6.45, 7) is 5.09. The highest BCUT2D eigenvalue weighted by molar-refractivity contribution is 6.04. The molecule has 1 aromatic rings. The molecule has 0 saturated heterocycles. The monoisotopic (exact) mass is 216 g/mol. The fraction of sp³-hybridized carbons (Fsp3) is 0.0769. The van der Waals surface area contributed by atoms with Gasteiger partial charge in [-0.3, -0.25) is 4.79 Å². The Labute approximate surface area is 94.0 Å². The van der Waals surface area contributed by atoms with Crippen molar-refractivity contribution in [3.63, 3.8) is 0 Å². The molecular weight excluding hydrogens is 204 g/mol. The number of ether oxygens (including phenoxy) is 1. The second-order valence-corrected chi connectivity index (χ2v) is 3.04. The molecule has 0 aromatic heterocycles. The molecule has 0 aliphatic heterocycles. The highest BCUT2D eigenvalue weighted by atomic mass is 16.5. The Morgan fingerprint density at radius 2 is 1.88 bits per heavy atom. The van der Waals surface area contributed by atoms with Crippen molar-refractivity contribution in [1.82, 2.24) is 0 Å². The van der Waals surface area contributed by atoms with Crippen molar-refractivity contribution >= 4 is 11.8 Å². The number of carbonyl (C=O) groups is 2. The molecule has 1 aromatic carbocycles. The van der Waals surface area contributed by atoms with Crippen molar-refractivity contribution in [3.05, 3.63) is 60.4 Å². The highest BCUT2D eigenvalue weighted by Gasteiger charge is 2.11. The van der Waals surface area contributed by atoms with Crippen LogP contribution in [-0.4, -0.2) is 11.8 Å². The Hall–Kier alpha value is -2.16. The molecule has 0 heterocycles. The van der Waals surface area contributed by atoms with Crippen molar-refractivity contribution in [1.29, 1.82) is 0 Å². The van der Waals surface area contributed by atoms with E-state index in [-0.39, 0.29) is 5.76 Å². The van der Waals surface area contributed by atoms with Crippen molar-refractivity contribution in [2.45, 2.75) is 6.92 Å². The quantitative estimate of drug-likeness (QED) is 0.441. The van der Waals surface area contributed by atoms with E-state index >= 15 is 0 Å². The van der Waals surface area contributed by atoms with Gasteiger partial charge in [-0.05, 0) is 25.1 Å². The molecule has 0 atom stereocenters. The van der Waals surface area contributed by atoms with Crippen LogP contribution >= 0.6 is 0 Å². The molecule has 16 heavy (non-hydrogen) atoms. The fourth-order valence-corrected chi connectivity index (χ4v) is 1.04. The second kappa shape index (κ2) is 5.66. The van der Waals surface area contributed by atoms with Gasteiger partial charge >= 0.3 is 5.97 Å². The third-order valence-electron chi connectivity index (χ3n) is 1.82. The Balaban J connectivity index is 2.66. The van der Waals surface area contributed by atoms with Crippen molar-refractivity contribution < 1.29 is 14.3 Å². The Kier molecular flexibility index (Phi) is 4.21. The van der Waals surface area contributed by atoms with E-state index in [1.165, 1.54) is 6.08 Å². The lowest BCUT2D eigenvalue weighted by atomic mass is 10.2.